The Kier molecular flexibility index (Phi) is 2.00. The summed E-state index contributed by atoms with van der Waals surface area (Å²) in [5.41, 5.74) is 3.12. The largest absolute Gasteiger partial charge is 0.464 e. The van der Waals surface area contributed by atoms with Crippen LogP contribution in [0.3, 0.4) is 0 Å². The summed E-state index contributed by atoms with van der Waals surface area (Å²) in [6, 6.07) is 8.01. The van der Waals surface area contributed by atoms with Gasteiger partial charge in [0.2, 0.25) is 0 Å². The molecule has 4 nitrogen and oxygen atoms in total. The normalized spacial score (nSPS) is 11.4. The van der Waals surface area contributed by atoms with Gasteiger partial charge in [-0.05, 0) is 24.3 Å². The fraction of sp³-hybridized carbons (Fsp3) is 0.0667. The van der Waals surface area contributed by atoms with Crippen LogP contribution in [-0.2, 0) is 7.05 Å². The summed E-state index contributed by atoms with van der Waals surface area (Å²) in [6.45, 7) is 0. The average molecular weight is 249 g/mol. The van der Waals surface area contributed by atoms with Crippen LogP contribution in [-0.4, -0.2) is 14.5 Å². The number of benzene rings is 1. The summed E-state index contributed by atoms with van der Waals surface area (Å²) in [4.78, 5) is 8.47. The third kappa shape index (κ3) is 1.40. The molecule has 0 aliphatic rings. The van der Waals surface area contributed by atoms with Gasteiger partial charge in [0.1, 0.15) is 12.1 Å². The molecule has 4 heteroatoms. The second-order valence-electron chi connectivity index (χ2n) is 4.55. The Morgan fingerprint density at radius 1 is 1.21 bits per heavy atom. The Hall–Kier alpha value is -2.62. The van der Waals surface area contributed by atoms with Crippen LogP contribution in [0.15, 0.2) is 53.7 Å². The van der Waals surface area contributed by atoms with E-state index in [1.807, 2.05) is 31.6 Å². The minimum absolute atomic E-state index is 0.854. The maximum absolute atomic E-state index is 5.54. The van der Waals surface area contributed by atoms with E-state index < -0.39 is 0 Å². The van der Waals surface area contributed by atoms with Crippen molar-refractivity contribution in [2.45, 2.75) is 0 Å². The molecular formula is C15H11N3O. The van der Waals surface area contributed by atoms with E-state index in [1.165, 1.54) is 0 Å². The standard InChI is InChI=1S/C15H11N3O/c1-18-5-4-10-12-8-16-9-17-13(12)7-11(15(10)18)14-3-2-6-19-14/h2-9H,1H3. The molecule has 0 fully saturated rings. The summed E-state index contributed by atoms with van der Waals surface area (Å²) in [5.74, 6) is 0.854. The number of furan rings is 1. The van der Waals surface area contributed by atoms with E-state index in [0.717, 1.165) is 33.1 Å². The predicted molar refractivity (Wildman–Crippen MR) is 73.7 cm³/mol. The van der Waals surface area contributed by atoms with E-state index in [0.29, 0.717) is 0 Å². The van der Waals surface area contributed by atoms with Gasteiger partial charge in [0.25, 0.3) is 0 Å². The summed E-state index contributed by atoms with van der Waals surface area (Å²) in [6.07, 6.45) is 7.16. The first kappa shape index (κ1) is 10.3. The van der Waals surface area contributed by atoms with Crippen molar-refractivity contribution in [1.29, 1.82) is 0 Å². The number of hydrogen-bond donors (Lipinski definition) is 0. The highest BCUT2D eigenvalue weighted by Crippen LogP contribution is 2.34. The van der Waals surface area contributed by atoms with Gasteiger partial charge in [-0.3, -0.25) is 0 Å². The summed E-state index contributed by atoms with van der Waals surface area (Å²) in [7, 11) is 2.03. The van der Waals surface area contributed by atoms with Crippen LogP contribution in [0.2, 0.25) is 0 Å². The molecule has 0 saturated carbocycles. The first-order chi connectivity index (χ1) is 9.34. The third-order valence-electron chi connectivity index (χ3n) is 3.43. The van der Waals surface area contributed by atoms with E-state index in [2.05, 4.69) is 26.7 Å². The first-order valence-electron chi connectivity index (χ1n) is 6.06. The van der Waals surface area contributed by atoms with Crippen molar-refractivity contribution in [1.82, 2.24) is 14.5 Å². The van der Waals surface area contributed by atoms with Crippen LogP contribution in [0.4, 0.5) is 0 Å². The monoisotopic (exact) mass is 249 g/mol. The lowest BCUT2D eigenvalue weighted by Crippen LogP contribution is -1.90. The Morgan fingerprint density at radius 3 is 3.00 bits per heavy atom. The van der Waals surface area contributed by atoms with Crippen LogP contribution in [0, 0.1) is 0 Å². The molecule has 1 aromatic carbocycles. The lowest BCUT2D eigenvalue weighted by Gasteiger charge is -2.06. The molecule has 0 aliphatic heterocycles. The zero-order valence-corrected chi connectivity index (χ0v) is 10.4. The van der Waals surface area contributed by atoms with Gasteiger partial charge < -0.3 is 8.98 Å². The number of aromatic nitrogens is 3. The van der Waals surface area contributed by atoms with E-state index in [9.17, 15) is 0 Å². The van der Waals surface area contributed by atoms with Gasteiger partial charge in [0.15, 0.2) is 0 Å². The number of fused-ring (bicyclic) bond motifs is 3. The SMILES string of the molecule is Cn1ccc2c3cncnc3cc(-c3ccco3)c21. The third-order valence-corrected chi connectivity index (χ3v) is 3.43. The summed E-state index contributed by atoms with van der Waals surface area (Å²) in [5, 5.41) is 2.21. The number of aryl methyl sites for hydroxylation is 1. The highest BCUT2D eigenvalue weighted by molar-refractivity contribution is 6.10. The maximum atomic E-state index is 5.54. The van der Waals surface area contributed by atoms with Crippen LogP contribution in [0.5, 0.6) is 0 Å². The predicted octanol–water partition coefficient (Wildman–Crippen LogP) is 3.38. The molecule has 4 rings (SSSR count). The highest BCUT2D eigenvalue weighted by Gasteiger charge is 2.13. The molecule has 19 heavy (non-hydrogen) atoms. The van der Waals surface area contributed by atoms with Crippen LogP contribution in [0.25, 0.3) is 33.1 Å². The van der Waals surface area contributed by atoms with Gasteiger partial charge in [-0.25, -0.2) is 9.97 Å². The molecule has 3 aromatic heterocycles. The molecule has 0 saturated heterocycles. The second kappa shape index (κ2) is 3.68. The van der Waals surface area contributed by atoms with Crippen LogP contribution >= 0.6 is 0 Å². The van der Waals surface area contributed by atoms with E-state index in [4.69, 9.17) is 4.42 Å². The van der Waals surface area contributed by atoms with Crippen molar-refractivity contribution >= 4 is 21.8 Å². The lowest BCUT2D eigenvalue weighted by molar-refractivity contribution is 0.582. The highest BCUT2D eigenvalue weighted by atomic mass is 16.3. The van der Waals surface area contributed by atoms with Crippen molar-refractivity contribution in [3.8, 4) is 11.3 Å². The smallest absolute Gasteiger partial charge is 0.136 e. The van der Waals surface area contributed by atoms with Crippen molar-refractivity contribution < 1.29 is 4.42 Å². The molecule has 4 aromatic rings. The Labute approximate surface area is 109 Å². The van der Waals surface area contributed by atoms with Crippen molar-refractivity contribution in [3.05, 3.63) is 49.2 Å². The molecule has 0 aliphatic carbocycles. The molecule has 0 N–H and O–H groups in total. The van der Waals surface area contributed by atoms with Gasteiger partial charge in [-0.15, -0.1) is 0 Å². The molecule has 0 amide bonds. The maximum Gasteiger partial charge on any atom is 0.136 e. The molecule has 0 spiro atoms. The zero-order chi connectivity index (χ0) is 12.8. The quantitative estimate of drug-likeness (QED) is 0.519. The average Bonchev–Trinajstić information content (AvgIpc) is 3.08. The Morgan fingerprint density at radius 2 is 2.16 bits per heavy atom. The van der Waals surface area contributed by atoms with Crippen LogP contribution < -0.4 is 0 Å². The molecule has 0 radical (unpaired) electrons. The topological polar surface area (TPSA) is 43.9 Å². The van der Waals surface area contributed by atoms with Crippen molar-refractivity contribution in [2.24, 2.45) is 7.05 Å². The first-order valence-corrected chi connectivity index (χ1v) is 6.06. The Balaban J connectivity index is 2.24. The zero-order valence-electron chi connectivity index (χ0n) is 10.4. The fourth-order valence-electron chi connectivity index (χ4n) is 2.57. The number of rotatable bonds is 1. The summed E-state index contributed by atoms with van der Waals surface area (Å²) < 4.78 is 7.64. The Bertz CT molecular complexity index is 875. The van der Waals surface area contributed by atoms with Crippen molar-refractivity contribution in [3.63, 3.8) is 0 Å². The van der Waals surface area contributed by atoms with Gasteiger partial charge in [-0.1, -0.05) is 0 Å². The summed E-state index contributed by atoms with van der Waals surface area (Å²) >= 11 is 0. The number of nitrogens with zero attached hydrogens (tertiary/aromatic N) is 3. The second-order valence-corrected chi connectivity index (χ2v) is 4.55. The van der Waals surface area contributed by atoms with Gasteiger partial charge in [-0.2, -0.15) is 0 Å². The van der Waals surface area contributed by atoms with E-state index in [1.54, 1.807) is 12.6 Å². The van der Waals surface area contributed by atoms with Gasteiger partial charge in [0.05, 0.1) is 17.3 Å². The van der Waals surface area contributed by atoms with Crippen LogP contribution in [0.1, 0.15) is 0 Å². The molecule has 0 bridgehead atoms. The van der Waals surface area contributed by atoms with Gasteiger partial charge >= 0.3 is 0 Å². The molecular weight excluding hydrogens is 238 g/mol. The fourth-order valence-corrected chi connectivity index (χ4v) is 2.57. The minimum Gasteiger partial charge on any atom is -0.464 e. The lowest BCUT2D eigenvalue weighted by atomic mass is 10.1. The van der Waals surface area contributed by atoms with Crippen molar-refractivity contribution in [2.75, 3.05) is 0 Å². The minimum atomic E-state index is 0.854. The molecule has 0 unspecified atom stereocenters. The van der Waals surface area contributed by atoms with Gasteiger partial charge in [0, 0.05) is 35.8 Å². The molecule has 3 heterocycles. The number of hydrogen-bond acceptors (Lipinski definition) is 3. The van der Waals surface area contributed by atoms with E-state index in [-0.39, 0.29) is 0 Å². The molecule has 92 valence electrons. The molecule has 0 atom stereocenters. The van der Waals surface area contributed by atoms with E-state index >= 15 is 0 Å².